The van der Waals surface area contributed by atoms with Gasteiger partial charge in [0.2, 0.25) is 11.8 Å². The second-order valence-corrected chi connectivity index (χ2v) is 4.96. The molecule has 1 heterocycles. The molecule has 1 aliphatic heterocycles. The number of amides is 2. The molecule has 0 bridgehead atoms. The number of likely N-dealkylation sites (N-methyl/N-ethyl adjacent to an activating group) is 1. The lowest BCUT2D eigenvalue weighted by molar-refractivity contribution is -0.138. The summed E-state index contributed by atoms with van der Waals surface area (Å²) in [5, 5.41) is 3.32. The molecular formula is C12H21N3O2. The zero-order chi connectivity index (χ0) is 12.3. The van der Waals surface area contributed by atoms with Crippen LogP contribution >= 0.6 is 0 Å². The topological polar surface area (TPSA) is 52.6 Å². The van der Waals surface area contributed by atoms with E-state index in [0.29, 0.717) is 19.0 Å². The van der Waals surface area contributed by atoms with Crippen LogP contribution in [0.25, 0.3) is 0 Å². The molecule has 2 amide bonds. The van der Waals surface area contributed by atoms with E-state index in [-0.39, 0.29) is 18.4 Å². The van der Waals surface area contributed by atoms with E-state index in [1.54, 1.807) is 16.8 Å². The van der Waals surface area contributed by atoms with Crippen molar-refractivity contribution >= 4 is 11.8 Å². The second kappa shape index (κ2) is 5.49. The van der Waals surface area contributed by atoms with Crippen LogP contribution < -0.4 is 5.32 Å². The molecule has 1 aliphatic carbocycles. The molecule has 0 aromatic carbocycles. The first kappa shape index (κ1) is 12.4. The van der Waals surface area contributed by atoms with Gasteiger partial charge in [-0.25, -0.2) is 0 Å². The first-order valence-electron chi connectivity index (χ1n) is 6.42. The Hall–Kier alpha value is -1.10. The molecule has 1 saturated carbocycles. The van der Waals surface area contributed by atoms with Crippen LogP contribution in [0.1, 0.15) is 25.7 Å². The van der Waals surface area contributed by atoms with E-state index in [1.807, 2.05) is 0 Å². The fraction of sp³-hybridized carbons (Fsp3) is 0.833. The zero-order valence-corrected chi connectivity index (χ0v) is 10.4. The normalized spacial score (nSPS) is 21.6. The van der Waals surface area contributed by atoms with Crippen molar-refractivity contribution in [2.75, 3.05) is 33.2 Å². The number of carbonyl (C=O) groups excluding carboxylic acids is 2. The number of rotatable bonds is 4. The first-order chi connectivity index (χ1) is 8.16. The minimum atomic E-state index is 0.0472. The summed E-state index contributed by atoms with van der Waals surface area (Å²) >= 11 is 0. The highest BCUT2D eigenvalue weighted by Crippen LogP contribution is 2.18. The van der Waals surface area contributed by atoms with Crippen LogP contribution in [0.2, 0.25) is 0 Å². The molecule has 2 fully saturated rings. The Morgan fingerprint density at radius 2 is 2.18 bits per heavy atom. The maximum Gasteiger partial charge on any atom is 0.241 e. The Morgan fingerprint density at radius 3 is 2.88 bits per heavy atom. The summed E-state index contributed by atoms with van der Waals surface area (Å²) in [5.41, 5.74) is 0. The number of hydrogen-bond acceptors (Lipinski definition) is 3. The first-order valence-corrected chi connectivity index (χ1v) is 6.42. The smallest absolute Gasteiger partial charge is 0.241 e. The summed E-state index contributed by atoms with van der Waals surface area (Å²) in [6, 6.07) is 0.639. The zero-order valence-electron chi connectivity index (χ0n) is 10.4. The molecule has 5 heteroatoms. The third-order valence-corrected chi connectivity index (χ3v) is 3.38. The van der Waals surface area contributed by atoms with Gasteiger partial charge in [0.1, 0.15) is 0 Å². The van der Waals surface area contributed by atoms with Gasteiger partial charge in [-0.2, -0.15) is 0 Å². The molecule has 1 saturated heterocycles. The van der Waals surface area contributed by atoms with Crippen molar-refractivity contribution in [3.8, 4) is 0 Å². The highest BCUT2D eigenvalue weighted by atomic mass is 16.2. The maximum atomic E-state index is 11.9. The van der Waals surface area contributed by atoms with Gasteiger partial charge in [0, 0.05) is 39.1 Å². The van der Waals surface area contributed by atoms with Gasteiger partial charge in [-0.1, -0.05) is 0 Å². The van der Waals surface area contributed by atoms with Crippen LogP contribution in [0.3, 0.4) is 0 Å². The maximum absolute atomic E-state index is 11.9. The fourth-order valence-corrected chi connectivity index (χ4v) is 2.03. The SMILES string of the molecule is CN1CCCN(C(=O)CCNC2CC2)CC1=O. The third kappa shape index (κ3) is 3.70. The van der Waals surface area contributed by atoms with E-state index >= 15 is 0 Å². The lowest BCUT2D eigenvalue weighted by Crippen LogP contribution is -2.39. The average molecular weight is 239 g/mol. The quantitative estimate of drug-likeness (QED) is 0.740. The van der Waals surface area contributed by atoms with Gasteiger partial charge < -0.3 is 15.1 Å². The van der Waals surface area contributed by atoms with Crippen LogP contribution in [-0.2, 0) is 9.59 Å². The third-order valence-electron chi connectivity index (χ3n) is 3.38. The van der Waals surface area contributed by atoms with Crippen molar-refractivity contribution in [3.05, 3.63) is 0 Å². The summed E-state index contributed by atoms with van der Waals surface area (Å²) in [6.07, 6.45) is 3.86. The Labute approximate surface area is 102 Å². The summed E-state index contributed by atoms with van der Waals surface area (Å²) in [5.74, 6) is 0.146. The Balaban J connectivity index is 1.74. The van der Waals surface area contributed by atoms with Gasteiger partial charge in [0.25, 0.3) is 0 Å². The minimum Gasteiger partial charge on any atom is -0.344 e. The molecular weight excluding hydrogens is 218 g/mol. The Bertz CT molecular complexity index is 302. The second-order valence-electron chi connectivity index (χ2n) is 4.96. The molecule has 0 unspecified atom stereocenters. The molecule has 0 aromatic rings. The molecule has 17 heavy (non-hydrogen) atoms. The van der Waals surface area contributed by atoms with Gasteiger partial charge in [-0.3, -0.25) is 9.59 Å². The molecule has 0 aromatic heterocycles. The molecule has 0 spiro atoms. The largest absolute Gasteiger partial charge is 0.344 e. The van der Waals surface area contributed by atoms with Crippen LogP contribution in [0.4, 0.5) is 0 Å². The van der Waals surface area contributed by atoms with Crippen LogP contribution in [-0.4, -0.2) is 60.9 Å². The van der Waals surface area contributed by atoms with E-state index in [9.17, 15) is 9.59 Å². The van der Waals surface area contributed by atoms with Gasteiger partial charge in [0.15, 0.2) is 0 Å². The average Bonchev–Trinajstić information content (AvgIpc) is 3.10. The standard InChI is InChI=1S/C12H21N3O2/c1-14-7-2-8-15(9-12(14)17)11(16)5-6-13-10-3-4-10/h10,13H,2-9H2,1H3. The van der Waals surface area contributed by atoms with Crippen molar-refractivity contribution in [2.45, 2.75) is 31.7 Å². The minimum absolute atomic E-state index is 0.0472. The summed E-state index contributed by atoms with van der Waals surface area (Å²) < 4.78 is 0. The number of hydrogen-bond donors (Lipinski definition) is 1. The van der Waals surface area contributed by atoms with Crippen LogP contribution in [0, 0.1) is 0 Å². The van der Waals surface area contributed by atoms with E-state index in [0.717, 1.165) is 19.5 Å². The van der Waals surface area contributed by atoms with Crippen molar-refractivity contribution in [2.24, 2.45) is 0 Å². The van der Waals surface area contributed by atoms with Crippen molar-refractivity contribution in [3.63, 3.8) is 0 Å². The fourth-order valence-electron chi connectivity index (χ4n) is 2.03. The summed E-state index contributed by atoms with van der Waals surface area (Å²) in [6.45, 7) is 2.45. The molecule has 2 aliphatic rings. The summed E-state index contributed by atoms with van der Waals surface area (Å²) in [7, 11) is 1.80. The van der Waals surface area contributed by atoms with Crippen molar-refractivity contribution < 1.29 is 9.59 Å². The number of nitrogens with zero attached hydrogens (tertiary/aromatic N) is 2. The Kier molecular flexibility index (Phi) is 3.99. The van der Waals surface area contributed by atoms with Crippen molar-refractivity contribution in [1.82, 2.24) is 15.1 Å². The van der Waals surface area contributed by atoms with Crippen LogP contribution in [0.5, 0.6) is 0 Å². The lowest BCUT2D eigenvalue weighted by atomic mass is 10.3. The van der Waals surface area contributed by atoms with Gasteiger partial charge in [-0.15, -0.1) is 0 Å². The monoisotopic (exact) mass is 239 g/mol. The molecule has 2 rings (SSSR count). The molecule has 1 N–H and O–H groups in total. The van der Waals surface area contributed by atoms with E-state index in [2.05, 4.69) is 5.32 Å². The number of nitrogens with one attached hydrogen (secondary N) is 1. The molecule has 0 radical (unpaired) electrons. The van der Waals surface area contributed by atoms with Gasteiger partial charge >= 0.3 is 0 Å². The number of carbonyl (C=O) groups is 2. The highest BCUT2D eigenvalue weighted by Gasteiger charge is 2.24. The molecule has 0 atom stereocenters. The molecule has 5 nitrogen and oxygen atoms in total. The summed E-state index contributed by atoms with van der Waals surface area (Å²) in [4.78, 5) is 27.0. The van der Waals surface area contributed by atoms with Gasteiger partial charge in [-0.05, 0) is 19.3 Å². The molecule has 96 valence electrons. The van der Waals surface area contributed by atoms with Crippen molar-refractivity contribution in [1.29, 1.82) is 0 Å². The van der Waals surface area contributed by atoms with Crippen LogP contribution in [0.15, 0.2) is 0 Å². The Morgan fingerprint density at radius 1 is 1.41 bits per heavy atom. The van der Waals surface area contributed by atoms with Gasteiger partial charge in [0.05, 0.1) is 6.54 Å². The highest BCUT2D eigenvalue weighted by molar-refractivity contribution is 5.85. The van der Waals surface area contributed by atoms with E-state index in [4.69, 9.17) is 0 Å². The van der Waals surface area contributed by atoms with E-state index < -0.39 is 0 Å². The predicted octanol–water partition coefficient (Wildman–Crippen LogP) is -0.181. The lowest BCUT2D eigenvalue weighted by Gasteiger charge is -2.19. The van der Waals surface area contributed by atoms with E-state index in [1.165, 1.54) is 12.8 Å². The predicted molar refractivity (Wildman–Crippen MR) is 64.5 cm³/mol.